The fraction of sp³-hybridized carbons (Fsp3) is 0.409. The summed E-state index contributed by atoms with van der Waals surface area (Å²) >= 11 is 12.4. The minimum atomic E-state index is -0.730. The summed E-state index contributed by atoms with van der Waals surface area (Å²) in [7, 11) is 0. The van der Waals surface area contributed by atoms with Gasteiger partial charge < -0.3 is 19.9 Å². The molecular formula is C22H27Cl2NO4. The number of hydrogen-bond donors (Lipinski definition) is 1. The van der Waals surface area contributed by atoms with Crippen molar-refractivity contribution in [3.05, 3.63) is 57.6 Å². The number of nitrogens with two attached hydrogens (primary N) is 1. The van der Waals surface area contributed by atoms with Crippen LogP contribution in [0.4, 0.5) is 0 Å². The first kappa shape index (κ1) is 23.3. The van der Waals surface area contributed by atoms with E-state index in [0.29, 0.717) is 34.8 Å². The predicted molar refractivity (Wildman–Crippen MR) is 116 cm³/mol. The SMILES string of the molecule is CCOc1cc(Cl)ccc1C(c1ccc(Cl)cc1OCC)[C@H](C)OC(=O)[C@H](C)N. The number of benzene rings is 2. The molecule has 2 atom stereocenters. The number of carbonyl (C=O) groups is 1. The minimum absolute atomic E-state index is 0.379. The smallest absolute Gasteiger partial charge is 0.322 e. The van der Waals surface area contributed by atoms with Crippen LogP contribution in [0.2, 0.25) is 10.0 Å². The van der Waals surface area contributed by atoms with Crippen molar-refractivity contribution < 1.29 is 19.0 Å². The number of ether oxygens (including phenoxy) is 3. The van der Waals surface area contributed by atoms with Gasteiger partial charge in [-0.15, -0.1) is 0 Å². The summed E-state index contributed by atoms with van der Waals surface area (Å²) in [4.78, 5) is 12.2. The summed E-state index contributed by atoms with van der Waals surface area (Å²) in [6.07, 6.45) is -0.547. The molecule has 0 unspecified atom stereocenters. The standard InChI is InChI=1S/C22H27Cl2NO4/c1-5-27-19-11-15(23)7-9-17(19)21(14(4)29-22(26)13(3)25)18-10-8-16(24)12-20(18)28-6-2/h7-14,21H,5-6,25H2,1-4H3/t13-,14-/m0/s1. The quantitative estimate of drug-likeness (QED) is 0.543. The Morgan fingerprint density at radius 1 is 0.931 bits per heavy atom. The first-order valence-corrected chi connectivity index (χ1v) is 10.3. The van der Waals surface area contributed by atoms with E-state index in [2.05, 4.69) is 0 Å². The van der Waals surface area contributed by atoms with Gasteiger partial charge >= 0.3 is 5.97 Å². The zero-order valence-electron chi connectivity index (χ0n) is 17.1. The van der Waals surface area contributed by atoms with Gasteiger partial charge in [-0.3, -0.25) is 4.79 Å². The molecule has 2 N–H and O–H groups in total. The second kappa shape index (κ2) is 10.7. The molecule has 158 valence electrons. The molecule has 0 amide bonds. The second-order valence-electron chi connectivity index (χ2n) is 6.64. The van der Waals surface area contributed by atoms with Gasteiger partial charge in [0.2, 0.25) is 0 Å². The summed E-state index contributed by atoms with van der Waals surface area (Å²) in [6.45, 7) is 8.13. The zero-order valence-corrected chi connectivity index (χ0v) is 18.6. The van der Waals surface area contributed by atoms with Crippen LogP contribution < -0.4 is 15.2 Å². The first-order chi connectivity index (χ1) is 13.8. The largest absolute Gasteiger partial charge is 0.494 e. The summed E-state index contributed by atoms with van der Waals surface area (Å²) in [5.41, 5.74) is 7.35. The van der Waals surface area contributed by atoms with Crippen molar-refractivity contribution in [2.75, 3.05) is 13.2 Å². The predicted octanol–water partition coefficient (Wildman–Crippen LogP) is 5.20. The van der Waals surface area contributed by atoms with Gasteiger partial charge in [0.25, 0.3) is 0 Å². The van der Waals surface area contributed by atoms with E-state index in [1.807, 2.05) is 32.9 Å². The third kappa shape index (κ3) is 6.01. The average molecular weight is 440 g/mol. The Morgan fingerprint density at radius 2 is 1.38 bits per heavy atom. The van der Waals surface area contributed by atoms with Gasteiger partial charge in [0, 0.05) is 21.2 Å². The molecule has 7 heteroatoms. The Kier molecular flexibility index (Phi) is 8.62. The van der Waals surface area contributed by atoms with Gasteiger partial charge in [0.1, 0.15) is 23.6 Å². The summed E-state index contributed by atoms with van der Waals surface area (Å²) < 4.78 is 17.3. The molecule has 0 aliphatic rings. The highest BCUT2D eigenvalue weighted by Gasteiger charge is 2.31. The fourth-order valence-electron chi connectivity index (χ4n) is 3.12. The van der Waals surface area contributed by atoms with E-state index in [1.165, 1.54) is 0 Å². The van der Waals surface area contributed by atoms with E-state index in [4.69, 9.17) is 43.1 Å². The maximum absolute atomic E-state index is 12.2. The first-order valence-electron chi connectivity index (χ1n) is 9.59. The molecule has 2 aromatic carbocycles. The van der Waals surface area contributed by atoms with Crippen molar-refractivity contribution >= 4 is 29.2 Å². The van der Waals surface area contributed by atoms with Crippen molar-refractivity contribution in [2.45, 2.75) is 45.8 Å². The highest BCUT2D eigenvalue weighted by atomic mass is 35.5. The van der Waals surface area contributed by atoms with E-state index in [-0.39, 0.29) is 5.92 Å². The third-order valence-corrected chi connectivity index (χ3v) is 4.83. The van der Waals surface area contributed by atoms with Crippen molar-refractivity contribution in [1.82, 2.24) is 0 Å². The summed E-state index contributed by atoms with van der Waals surface area (Å²) in [6, 6.07) is 10.1. The highest BCUT2D eigenvalue weighted by Crippen LogP contribution is 2.41. The van der Waals surface area contributed by atoms with Crippen LogP contribution in [0, 0.1) is 0 Å². The molecule has 0 heterocycles. The van der Waals surface area contributed by atoms with Crippen LogP contribution in [0.15, 0.2) is 36.4 Å². The topological polar surface area (TPSA) is 70.8 Å². The molecule has 0 aliphatic carbocycles. The van der Waals surface area contributed by atoms with Crippen LogP contribution in [0.1, 0.15) is 44.7 Å². The van der Waals surface area contributed by atoms with Crippen LogP contribution in [-0.4, -0.2) is 31.3 Å². The Bertz CT molecular complexity index is 786. The maximum atomic E-state index is 12.2. The molecule has 29 heavy (non-hydrogen) atoms. The van der Waals surface area contributed by atoms with E-state index in [1.54, 1.807) is 31.2 Å². The lowest BCUT2D eigenvalue weighted by atomic mass is 9.85. The molecule has 0 radical (unpaired) electrons. The molecular weight excluding hydrogens is 413 g/mol. The molecule has 2 rings (SSSR count). The lowest BCUT2D eigenvalue weighted by molar-refractivity contribution is -0.150. The molecule has 0 spiro atoms. The van der Waals surface area contributed by atoms with Crippen LogP contribution in [0.5, 0.6) is 11.5 Å². The number of hydrogen-bond acceptors (Lipinski definition) is 5. The number of rotatable bonds is 9. The van der Waals surface area contributed by atoms with Crippen LogP contribution in [-0.2, 0) is 9.53 Å². The Hall–Kier alpha value is -1.95. The molecule has 0 saturated heterocycles. The lowest BCUT2D eigenvalue weighted by Crippen LogP contribution is -2.34. The van der Waals surface area contributed by atoms with Crippen LogP contribution in [0.3, 0.4) is 0 Å². The normalized spacial score (nSPS) is 13.1. The maximum Gasteiger partial charge on any atom is 0.322 e. The summed E-state index contributed by atoms with van der Waals surface area (Å²) in [5, 5.41) is 1.11. The van der Waals surface area contributed by atoms with Crippen molar-refractivity contribution in [1.29, 1.82) is 0 Å². The van der Waals surface area contributed by atoms with Gasteiger partial charge in [-0.05, 0) is 52.0 Å². The van der Waals surface area contributed by atoms with Crippen molar-refractivity contribution in [2.24, 2.45) is 5.73 Å². The van der Waals surface area contributed by atoms with Crippen molar-refractivity contribution in [3.63, 3.8) is 0 Å². The van der Waals surface area contributed by atoms with E-state index in [0.717, 1.165) is 11.1 Å². The third-order valence-electron chi connectivity index (χ3n) is 4.36. The highest BCUT2D eigenvalue weighted by molar-refractivity contribution is 6.31. The number of carbonyl (C=O) groups excluding carboxylic acids is 1. The number of halogens is 2. The van der Waals surface area contributed by atoms with Crippen LogP contribution >= 0.6 is 23.2 Å². The molecule has 0 bridgehead atoms. The van der Waals surface area contributed by atoms with Gasteiger partial charge in [0.05, 0.1) is 19.1 Å². The Labute approximate surface area is 182 Å². The zero-order chi connectivity index (χ0) is 21.6. The van der Waals surface area contributed by atoms with Gasteiger partial charge in [0.15, 0.2) is 0 Å². The monoisotopic (exact) mass is 439 g/mol. The molecule has 0 aliphatic heterocycles. The van der Waals surface area contributed by atoms with E-state index >= 15 is 0 Å². The Balaban J connectivity index is 2.63. The van der Waals surface area contributed by atoms with Gasteiger partial charge in [-0.25, -0.2) is 0 Å². The minimum Gasteiger partial charge on any atom is -0.494 e. The van der Waals surface area contributed by atoms with Crippen molar-refractivity contribution in [3.8, 4) is 11.5 Å². The molecule has 0 aromatic heterocycles. The van der Waals surface area contributed by atoms with Crippen LogP contribution in [0.25, 0.3) is 0 Å². The second-order valence-corrected chi connectivity index (χ2v) is 7.51. The van der Waals surface area contributed by atoms with Gasteiger partial charge in [-0.2, -0.15) is 0 Å². The lowest BCUT2D eigenvalue weighted by Gasteiger charge is -2.28. The molecule has 2 aromatic rings. The van der Waals surface area contributed by atoms with E-state index < -0.39 is 18.1 Å². The average Bonchev–Trinajstić information content (AvgIpc) is 2.65. The van der Waals surface area contributed by atoms with Gasteiger partial charge in [-0.1, -0.05) is 35.3 Å². The molecule has 0 fully saturated rings. The summed E-state index contributed by atoms with van der Waals surface area (Å²) in [5.74, 6) is 0.369. The molecule has 0 saturated carbocycles. The Morgan fingerprint density at radius 3 is 1.76 bits per heavy atom. The number of esters is 1. The van der Waals surface area contributed by atoms with E-state index in [9.17, 15) is 4.79 Å². The molecule has 5 nitrogen and oxygen atoms in total. The fourth-order valence-corrected chi connectivity index (χ4v) is 3.45.